The Morgan fingerprint density at radius 3 is 1.46 bits per heavy atom. The summed E-state index contributed by atoms with van der Waals surface area (Å²) in [5.74, 6) is -12.1. The summed E-state index contributed by atoms with van der Waals surface area (Å²) in [4.78, 5) is 0. The van der Waals surface area contributed by atoms with Gasteiger partial charge in [0.25, 0.3) is 0 Å². The maximum atomic E-state index is 10.9. The number of fused-ring (bicyclic) bond motifs is 6. The molecule has 15 nitrogen and oxygen atoms in total. The molecule has 46 heavy (non-hydrogen) atoms. The Morgan fingerprint density at radius 2 is 0.935 bits per heavy atom. The van der Waals surface area contributed by atoms with Crippen LogP contribution in [0.5, 0.6) is 74.7 Å². The average molecular weight is 632 g/mol. The first-order valence-electron chi connectivity index (χ1n) is 13.1. The Kier molecular flexibility index (Phi) is 5.35. The molecule has 0 bridgehead atoms. The van der Waals surface area contributed by atoms with Gasteiger partial charge in [0.1, 0.15) is 16.6 Å². The van der Waals surface area contributed by atoms with Gasteiger partial charge in [-0.2, -0.15) is 0 Å². The number of aromatic hydroxyl groups is 13. The minimum Gasteiger partial charge on any atom is -0.504 e. The highest BCUT2D eigenvalue weighted by Gasteiger charge is 2.32. The van der Waals surface area contributed by atoms with E-state index in [1.807, 2.05) is 0 Å². The van der Waals surface area contributed by atoms with E-state index in [4.69, 9.17) is 4.42 Å². The van der Waals surface area contributed by atoms with E-state index in [9.17, 15) is 66.4 Å². The molecule has 5 aromatic carbocycles. The predicted molar refractivity (Wildman–Crippen MR) is 160 cm³/mol. The van der Waals surface area contributed by atoms with Crippen LogP contribution in [0.15, 0.2) is 34.7 Å². The third-order valence-electron chi connectivity index (χ3n) is 8.09. The third kappa shape index (κ3) is 3.24. The average Bonchev–Trinajstić information content (AvgIpc) is 3.60. The molecule has 234 valence electrons. The van der Waals surface area contributed by atoms with Gasteiger partial charge in [0.15, 0.2) is 57.3 Å². The molecule has 0 spiro atoms. The molecule has 0 saturated heterocycles. The molecule has 2 heterocycles. The number of benzene rings is 5. The van der Waals surface area contributed by atoms with Crippen molar-refractivity contribution in [1.82, 2.24) is 4.57 Å². The molecular formula is C31H21NO14. The minimum atomic E-state index is -1.17. The van der Waals surface area contributed by atoms with Crippen LogP contribution in [0.2, 0.25) is 0 Å². The van der Waals surface area contributed by atoms with E-state index in [-0.39, 0.29) is 33.2 Å². The van der Waals surface area contributed by atoms with Gasteiger partial charge < -0.3 is 75.4 Å². The quantitative estimate of drug-likeness (QED) is 0.0899. The van der Waals surface area contributed by atoms with Crippen molar-refractivity contribution in [3.8, 4) is 91.6 Å². The van der Waals surface area contributed by atoms with Gasteiger partial charge in [-0.1, -0.05) is 6.07 Å². The first-order valence-corrected chi connectivity index (χ1v) is 13.1. The lowest BCUT2D eigenvalue weighted by Gasteiger charge is -2.15. The van der Waals surface area contributed by atoms with Crippen molar-refractivity contribution in [2.45, 2.75) is 6.92 Å². The second kappa shape index (κ2) is 8.82. The number of nitrogens with zero attached hydrogens (tertiary/aromatic N) is 1. The highest BCUT2D eigenvalue weighted by molar-refractivity contribution is 6.21. The molecule has 0 radical (unpaired) electrons. The highest BCUT2D eigenvalue weighted by atomic mass is 16.4. The largest absolute Gasteiger partial charge is 0.504 e. The molecule has 13 N–H and O–H groups in total. The van der Waals surface area contributed by atoms with E-state index in [1.54, 1.807) is 0 Å². The predicted octanol–water partition coefficient (Wildman–Crippen LogP) is 4.83. The van der Waals surface area contributed by atoms with Crippen LogP contribution in [-0.2, 0) is 0 Å². The van der Waals surface area contributed by atoms with Gasteiger partial charge in [0.2, 0.25) is 23.0 Å². The number of phenols is 13. The molecular weight excluding hydrogens is 610 g/mol. The van der Waals surface area contributed by atoms with Crippen molar-refractivity contribution < 1.29 is 70.8 Å². The fraction of sp³-hybridized carbons (Fsp3) is 0.0323. The van der Waals surface area contributed by atoms with Crippen LogP contribution < -0.4 is 0 Å². The van der Waals surface area contributed by atoms with Gasteiger partial charge in [0.05, 0.1) is 21.5 Å². The third-order valence-corrected chi connectivity index (χ3v) is 8.09. The number of hydrogen-bond donors (Lipinski definition) is 13. The Morgan fingerprint density at radius 1 is 0.457 bits per heavy atom. The van der Waals surface area contributed by atoms with Gasteiger partial charge in [-0.25, -0.2) is 0 Å². The van der Waals surface area contributed by atoms with Gasteiger partial charge in [-0.05, 0) is 36.2 Å². The standard InChI is InChI=1S/C31H21NO14/c1-7-4-8(9-5-11(33)20(36)16-17-21(37)12(34)6-13(35)31(17)46-30(9)16)2-3-10(7)32-18-14(22(38)26(42)28(44)24(18)40)15-19(32)25(41)29(45)27(43)23(15)39/h2-6,33-45H,1H3. The molecule has 0 aliphatic carbocycles. The number of phenolic OH excluding ortho intramolecular Hbond substituents is 13. The summed E-state index contributed by atoms with van der Waals surface area (Å²) >= 11 is 0. The molecule has 7 rings (SSSR count). The Labute approximate surface area is 253 Å². The maximum Gasteiger partial charge on any atom is 0.206 e. The van der Waals surface area contributed by atoms with Crippen LogP contribution in [0.3, 0.4) is 0 Å². The molecule has 0 saturated carbocycles. The summed E-state index contributed by atoms with van der Waals surface area (Å²) in [7, 11) is 0. The summed E-state index contributed by atoms with van der Waals surface area (Å²) in [6.07, 6.45) is 0. The zero-order valence-corrected chi connectivity index (χ0v) is 23.1. The summed E-state index contributed by atoms with van der Waals surface area (Å²) in [6, 6.07) is 6.29. The van der Waals surface area contributed by atoms with Crippen molar-refractivity contribution in [3.05, 3.63) is 35.9 Å². The van der Waals surface area contributed by atoms with E-state index in [2.05, 4.69) is 0 Å². The normalized spacial score (nSPS) is 11.8. The van der Waals surface area contributed by atoms with Crippen LogP contribution in [0.1, 0.15) is 5.56 Å². The lowest BCUT2D eigenvalue weighted by atomic mass is 9.98. The van der Waals surface area contributed by atoms with Gasteiger partial charge in [-0.3, -0.25) is 0 Å². The Hall–Kier alpha value is -6.90. The van der Waals surface area contributed by atoms with Crippen LogP contribution in [-0.4, -0.2) is 71.0 Å². The van der Waals surface area contributed by atoms with E-state index < -0.39 is 96.5 Å². The molecule has 0 aliphatic heterocycles. The summed E-state index contributed by atoms with van der Waals surface area (Å²) in [5.41, 5.74) is -0.516. The summed E-state index contributed by atoms with van der Waals surface area (Å²) in [6.45, 7) is 1.54. The maximum absolute atomic E-state index is 10.9. The molecule has 0 aliphatic rings. The monoisotopic (exact) mass is 631 g/mol. The summed E-state index contributed by atoms with van der Waals surface area (Å²) < 4.78 is 6.82. The molecule has 0 fully saturated rings. The van der Waals surface area contributed by atoms with Crippen LogP contribution in [0.4, 0.5) is 0 Å². The second-order valence-electron chi connectivity index (χ2n) is 10.6. The van der Waals surface area contributed by atoms with Gasteiger partial charge in [-0.15, -0.1) is 0 Å². The number of aryl methyl sites for hydroxylation is 1. The van der Waals surface area contributed by atoms with Crippen LogP contribution >= 0.6 is 0 Å². The zero-order valence-electron chi connectivity index (χ0n) is 23.1. The minimum absolute atomic E-state index is 0.0902. The Balaban J connectivity index is 1.57. The molecule has 0 atom stereocenters. The van der Waals surface area contributed by atoms with Gasteiger partial charge >= 0.3 is 0 Å². The fourth-order valence-corrected chi connectivity index (χ4v) is 5.96. The van der Waals surface area contributed by atoms with Crippen molar-refractivity contribution >= 4 is 43.7 Å². The van der Waals surface area contributed by atoms with E-state index in [0.717, 1.165) is 16.7 Å². The lowest BCUT2D eigenvalue weighted by molar-refractivity contribution is 0.350. The summed E-state index contributed by atoms with van der Waals surface area (Å²) in [5, 5.41) is 135. The Bertz CT molecular complexity index is 2450. The lowest BCUT2D eigenvalue weighted by Crippen LogP contribution is -1.98. The van der Waals surface area contributed by atoms with E-state index in [1.165, 1.54) is 25.1 Å². The number of rotatable bonds is 2. The molecule has 0 unspecified atom stereocenters. The number of furan rings is 1. The van der Waals surface area contributed by atoms with Crippen molar-refractivity contribution in [2.24, 2.45) is 0 Å². The van der Waals surface area contributed by atoms with E-state index >= 15 is 0 Å². The molecule has 0 amide bonds. The van der Waals surface area contributed by atoms with E-state index in [0.29, 0.717) is 11.1 Å². The highest BCUT2D eigenvalue weighted by Crippen LogP contribution is 2.59. The fourth-order valence-electron chi connectivity index (χ4n) is 5.96. The molecule has 15 heteroatoms. The number of hydrogen-bond acceptors (Lipinski definition) is 14. The number of aromatic nitrogens is 1. The molecule has 2 aromatic heterocycles. The SMILES string of the molecule is Cc1cc(-c2cc(O)c(O)c3c2oc2c(O)cc(O)c(O)c23)ccc1-n1c2c(O)c(O)c(O)c(O)c2c2c(O)c(O)c(O)c(O)c21. The van der Waals surface area contributed by atoms with Crippen molar-refractivity contribution in [2.75, 3.05) is 0 Å². The molecule has 7 aromatic rings. The second-order valence-corrected chi connectivity index (χ2v) is 10.6. The van der Waals surface area contributed by atoms with Crippen molar-refractivity contribution in [1.29, 1.82) is 0 Å². The first kappa shape index (κ1) is 27.9. The zero-order chi connectivity index (χ0) is 33.3. The smallest absolute Gasteiger partial charge is 0.206 e. The van der Waals surface area contributed by atoms with Crippen molar-refractivity contribution in [3.63, 3.8) is 0 Å². The first-order chi connectivity index (χ1) is 21.7. The van der Waals surface area contributed by atoms with Gasteiger partial charge in [0, 0.05) is 17.3 Å². The van der Waals surface area contributed by atoms with Crippen LogP contribution in [0.25, 0.3) is 60.6 Å². The topological polar surface area (TPSA) is 281 Å². The van der Waals surface area contributed by atoms with Crippen LogP contribution in [0, 0.1) is 6.92 Å².